The number of nitrogens with one attached hydrogen (secondary N) is 1. The predicted molar refractivity (Wildman–Crippen MR) is 87.8 cm³/mol. The van der Waals surface area contributed by atoms with Gasteiger partial charge in [0.1, 0.15) is 0 Å². The molecule has 1 atom stereocenters. The van der Waals surface area contributed by atoms with E-state index in [4.69, 9.17) is 0 Å². The van der Waals surface area contributed by atoms with Gasteiger partial charge in [-0.2, -0.15) is 18.6 Å². The number of benzene rings is 1. The molecular weight excluding hydrogens is 315 g/mol. The lowest BCUT2D eigenvalue weighted by Gasteiger charge is -2.40. The van der Waals surface area contributed by atoms with E-state index >= 15 is 0 Å². The minimum Gasteiger partial charge on any atom is -0.164 e. The molecule has 1 N–H and O–H groups in total. The number of halogens is 3. The number of hydrazine groups is 1. The first kappa shape index (κ1) is 17.0. The summed E-state index contributed by atoms with van der Waals surface area (Å²) in [5, 5.41) is 5.05. The van der Waals surface area contributed by atoms with Gasteiger partial charge in [0.05, 0.1) is 11.6 Å². The Morgan fingerprint density at radius 1 is 1.21 bits per heavy atom. The van der Waals surface area contributed by atoms with Crippen molar-refractivity contribution in [3.63, 3.8) is 0 Å². The number of hydrogen-bond acceptors (Lipinski definition) is 3. The number of rotatable bonds is 3. The highest BCUT2D eigenvalue weighted by Crippen LogP contribution is 2.50. The molecule has 1 aromatic carbocycles. The molecule has 1 aromatic rings. The maximum absolute atomic E-state index is 13.4. The van der Waals surface area contributed by atoms with E-state index in [-0.39, 0.29) is 5.41 Å². The normalized spacial score (nSPS) is 25.5. The van der Waals surface area contributed by atoms with E-state index in [1.165, 1.54) is 0 Å². The first-order valence-corrected chi connectivity index (χ1v) is 8.11. The zero-order valence-corrected chi connectivity index (χ0v) is 14.3. The van der Waals surface area contributed by atoms with E-state index in [2.05, 4.69) is 24.4 Å². The average molecular weight is 337 g/mol. The van der Waals surface area contributed by atoms with E-state index in [1.807, 2.05) is 31.2 Å². The summed E-state index contributed by atoms with van der Waals surface area (Å²) < 4.78 is 40.2. The Labute approximate surface area is 140 Å². The summed E-state index contributed by atoms with van der Waals surface area (Å²) in [6, 6.07) is 7.90. The van der Waals surface area contributed by atoms with E-state index in [0.29, 0.717) is 12.1 Å². The van der Waals surface area contributed by atoms with Crippen molar-refractivity contribution >= 4 is 5.71 Å². The van der Waals surface area contributed by atoms with Gasteiger partial charge < -0.3 is 0 Å². The van der Waals surface area contributed by atoms with E-state index in [1.54, 1.807) is 6.92 Å². The van der Waals surface area contributed by atoms with Crippen LogP contribution in [0.5, 0.6) is 0 Å². The minimum absolute atomic E-state index is 0.252. The van der Waals surface area contributed by atoms with Gasteiger partial charge in [-0.05, 0) is 35.0 Å². The van der Waals surface area contributed by atoms with Crippen LogP contribution in [0.25, 0.3) is 0 Å². The monoisotopic (exact) mass is 337 g/mol. The fraction of sp³-hybridized carbons (Fsp3) is 0.500. The maximum Gasteiger partial charge on any atom is 0.439 e. The molecule has 0 bridgehead atoms. The molecule has 3 rings (SSSR count). The fourth-order valence-electron chi connectivity index (χ4n) is 3.49. The van der Waals surface area contributed by atoms with Crippen molar-refractivity contribution in [1.29, 1.82) is 0 Å². The smallest absolute Gasteiger partial charge is 0.164 e. The lowest BCUT2D eigenvalue weighted by atomic mass is 9.74. The molecule has 1 heterocycles. The van der Waals surface area contributed by atoms with Gasteiger partial charge in [-0.15, -0.1) is 0 Å². The first-order valence-electron chi connectivity index (χ1n) is 8.11. The quantitative estimate of drug-likeness (QED) is 0.908. The van der Waals surface area contributed by atoms with Crippen LogP contribution in [-0.2, 0) is 12.0 Å². The number of hydrazone groups is 1. The molecule has 1 aliphatic heterocycles. The van der Waals surface area contributed by atoms with Gasteiger partial charge in [-0.1, -0.05) is 45.0 Å². The second kappa shape index (κ2) is 5.34. The van der Waals surface area contributed by atoms with Gasteiger partial charge in [-0.25, -0.2) is 0 Å². The largest absolute Gasteiger partial charge is 0.439 e. The highest BCUT2D eigenvalue weighted by atomic mass is 19.4. The lowest BCUT2D eigenvalue weighted by molar-refractivity contribution is -0.124. The molecule has 1 unspecified atom stereocenters. The predicted octanol–water partition coefficient (Wildman–Crippen LogP) is 3.85. The maximum atomic E-state index is 13.4. The SMILES string of the molecule is CCC1=[N+]N(NC2(C)c3ccccc3CC2(C)C)C(C(F)(F)F)=C1. The van der Waals surface area contributed by atoms with Crippen molar-refractivity contribution in [3.8, 4) is 0 Å². The van der Waals surface area contributed by atoms with Gasteiger partial charge in [0.15, 0.2) is 5.10 Å². The average Bonchev–Trinajstić information content (AvgIpc) is 2.97. The number of fused-ring (bicyclic) bond motifs is 1. The van der Waals surface area contributed by atoms with Gasteiger partial charge in [0.25, 0.3) is 5.71 Å². The molecule has 0 fully saturated rings. The summed E-state index contributed by atoms with van der Waals surface area (Å²) in [5.74, 6) is 0. The summed E-state index contributed by atoms with van der Waals surface area (Å²) in [5.41, 5.74) is 4.02. The first-order chi connectivity index (χ1) is 11.1. The van der Waals surface area contributed by atoms with Gasteiger partial charge in [0, 0.05) is 6.42 Å². The Hall–Kier alpha value is -1.82. The van der Waals surface area contributed by atoms with Crippen LogP contribution in [0.4, 0.5) is 13.2 Å². The fourth-order valence-corrected chi connectivity index (χ4v) is 3.49. The van der Waals surface area contributed by atoms with Crippen LogP contribution in [0.3, 0.4) is 0 Å². The molecule has 0 aromatic heterocycles. The second-order valence-electron chi connectivity index (χ2n) is 7.24. The summed E-state index contributed by atoms with van der Waals surface area (Å²) in [7, 11) is 0. The van der Waals surface area contributed by atoms with Gasteiger partial charge >= 0.3 is 6.18 Å². The Morgan fingerprint density at radius 3 is 2.50 bits per heavy atom. The third-order valence-corrected chi connectivity index (χ3v) is 5.28. The van der Waals surface area contributed by atoms with Crippen LogP contribution in [-0.4, -0.2) is 17.0 Å². The summed E-state index contributed by atoms with van der Waals surface area (Å²) >= 11 is 0. The Morgan fingerprint density at radius 2 is 1.88 bits per heavy atom. The van der Waals surface area contributed by atoms with Crippen molar-refractivity contribution in [1.82, 2.24) is 15.6 Å². The van der Waals surface area contributed by atoms with Crippen LogP contribution in [0, 0.1) is 5.41 Å². The van der Waals surface area contributed by atoms with Crippen molar-refractivity contribution in [2.24, 2.45) is 5.41 Å². The number of hydrogen-bond donors (Lipinski definition) is 1. The molecule has 0 amide bonds. The second-order valence-corrected chi connectivity index (χ2v) is 7.24. The van der Waals surface area contributed by atoms with Crippen LogP contribution in [0.1, 0.15) is 45.2 Å². The van der Waals surface area contributed by atoms with Crippen molar-refractivity contribution in [3.05, 3.63) is 47.2 Å². The highest BCUT2D eigenvalue weighted by molar-refractivity contribution is 5.95. The number of alkyl halides is 3. The Bertz CT molecular complexity index is 718. The summed E-state index contributed by atoms with van der Waals surface area (Å²) in [6.45, 7) is 7.88. The van der Waals surface area contributed by atoms with Gasteiger partial charge in [0.2, 0.25) is 5.70 Å². The van der Waals surface area contributed by atoms with E-state index in [9.17, 15) is 13.2 Å². The molecule has 0 saturated carbocycles. The van der Waals surface area contributed by atoms with Crippen LogP contribution >= 0.6 is 0 Å². The third-order valence-electron chi connectivity index (χ3n) is 5.28. The number of allylic oxidation sites excluding steroid dienone is 2. The standard InChI is InChI=1S/C18H22F3N3/c1-5-13-10-15(18(19,20)21)24(22-13)23-17(4)14-9-7-6-8-12(14)11-16(17,2)3/h6-10,23H,5,11H2,1-4H3/q+1. The molecule has 1 radical (unpaired) electrons. The Balaban J connectivity index is 2.00. The highest BCUT2D eigenvalue weighted by Gasteiger charge is 2.55. The van der Waals surface area contributed by atoms with Crippen LogP contribution in [0.15, 0.2) is 36.0 Å². The van der Waals surface area contributed by atoms with Crippen LogP contribution < -0.4 is 10.5 Å². The molecule has 0 saturated heterocycles. The Kier molecular flexibility index (Phi) is 3.79. The van der Waals surface area contributed by atoms with Gasteiger partial charge in [-0.3, -0.25) is 0 Å². The number of nitrogens with zero attached hydrogens (tertiary/aromatic N) is 2. The lowest BCUT2D eigenvalue weighted by Crippen LogP contribution is -2.57. The summed E-state index contributed by atoms with van der Waals surface area (Å²) in [6.07, 6.45) is -2.08. The molecule has 6 heteroatoms. The van der Waals surface area contributed by atoms with Crippen LogP contribution in [0.2, 0.25) is 0 Å². The molecule has 0 spiro atoms. The van der Waals surface area contributed by atoms with Crippen molar-refractivity contribution in [2.75, 3.05) is 0 Å². The molecule has 24 heavy (non-hydrogen) atoms. The summed E-state index contributed by atoms with van der Waals surface area (Å²) in [4.78, 5) is 0. The topological polar surface area (TPSA) is 29.4 Å². The molecule has 2 aliphatic rings. The zero-order valence-electron chi connectivity index (χ0n) is 14.3. The molecular formula is C18H22F3N3+. The third kappa shape index (κ3) is 2.53. The van der Waals surface area contributed by atoms with Crippen molar-refractivity contribution in [2.45, 2.75) is 52.3 Å². The molecule has 129 valence electrons. The van der Waals surface area contributed by atoms with Crippen molar-refractivity contribution < 1.29 is 13.2 Å². The zero-order chi connectivity index (χ0) is 17.8. The van der Waals surface area contributed by atoms with E-state index < -0.39 is 17.4 Å². The minimum atomic E-state index is -4.45. The molecule has 3 nitrogen and oxygen atoms in total. The van der Waals surface area contributed by atoms with E-state index in [0.717, 1.165) is 28.7 Å². The molecule has 1 aliphatic carbocycles.